The van der Waals surface area contributed by atoms with Crippen LogP contribution in [0.4, 0.5) is 17.3 Å². The first kappa shape index (κ1) is 44.8. The van der Waals surface area contributed by atoms with Gasteiger partial charge in [0.2, 0.25) is 17.8 Å². The average Bonchev–Trinajstić information content (AvgIpc) is 3.75. The number of nitrogens with one attached hydrogen (secondary N) is 3. The van der Waals surface area contributed by atoms with Gasteiger partial charge in [-0.15, -0.1) is 0 Å². The first-order chi connectivity index (χ1) is 33.2. The van der Waals surface area contributed by atoms with E-state index in [1.54, 1.807) is 22.8 Å². The molecule has 0 spiro atoms. The standard InChI is InChI=1S/C51H58N12O5/c1-33-28-55-63-47(33)57-51(68-40-7-5-18-52-30-40)58-50(63)54-29-36-6-3-4-8-41(36)46-42-11-9-38(26-35(42)15-19-53-46)61-20-16-34(17-21-61)31-60-22-24-62(25-23-60)39-10-12-43(37(27-39)32-64)49(67)59(2)44-13-14-45(65)56-48(44)66/h3-4,6,8-12,15,19,26-28,32,34,40,44,52H,5,7,13-14,16-18,20-25,29-31H2,1-2H3,(H,54,57,58)(H,56,65,66)/t40-,44?/m1/s1. The molecule has 0 bridgehead atoms. The van der Waals surface area contributed by atoms with E-state index in [1.807, 2.05) is 19.2 Å². The molecule has 68 heavy (non-hydrogen) atoms. The molecule has 4 aliphatic rings. The number of pyridine rings is 1. The van der Waals surface area contributed by atoms with Gasteiger partial charge in [0.15, 0.2) is 11.9 Å². The van der Waals surface area contributed by atoms with Gasteiger partial charge >= 0.3 is 6.01 Å². The molecule has 0 aliphatic carbocycles. The van der Waals surface area contributed by atoms with E-state index < -0.39 is 17.9 Å². The van der Waals surface area contributed by atoms with Gasteiger partial charge in [0.25, 0.3) is 5.91 Å². The molecule has 10 rings (SSSR count). The number of likely N-dealkylation sites (N-methyl/N-ethyl adjacent to an activating group) is 1. The summed E-state index contributed by atoms with van der Waals surface area (Å²) in [4.78, 5) is 72.7. The fourth-order valence-corrected chi connectivity index (χ4v) is 10.2. The third-order valence-corrected chi connectivity index (χ3v) is 14.1. The number of aromatic nitrogens is 5. The number of aryl methyl sites for hydroxylation is 1. The first-order valence-electron chi connectivity index (χ1n) is 23.9. The summed E-state index contributed by atoms with van der Waals surface area (Å²) in [5.74, 6) is -0.0733. The highest BCUT2D eigenvalue weighted by atomic mass is 16.5. The Morgan fingerprint density at radius 1 is 0.926 bits per heavy atom. The largest absolute Gasteiger partial charge is 0.459 e. The number of aldehydes is 1. The number of imide groups is 1. The van der Waals surface area contributed by atoms with Gasteiger partial charge in [0.05, 0.1) is 17.5 Å². The minimum atomic E-state index is -0.757. The Morgan fingerprint density at radius 2 is 1.72 bits per heavy atom. The van der Waals surface area contributed by atoms with E-state index in [-0.39, 0.29) is 36.0 Å². The molecular weight excluding hydrogens is 861 g/mol. The molecule has 17 heteroatoms. The lowest BCUT2D eigenvalue weighted by Crippen LogP contribution is -2.53. The molecule has 4 saturated heterocycles. The van der Waals surface area contributed by atoms with Crippen LogP contribution in [0.15, 0.2) is 79.1 Å². The second kappa shape index (κ2) is 19.7. The summed E-state index contributed by atoms with van der Waals surface area (Å²) in [5.41, 5.74) is 7.41. The molecule has 3 amide bonds. The topological polar surface area (TPSA) is 183 Å². The molecule has 6 aromatic rings. The zero-order valence-corrected chi connectivity index (χ0v) is 38.7. The second-order valence-corrected chi connectivity index (χ2v) is 18.5. The maximum absolute atomic E-state index is 13.4. The van der Waals surface area contributed by atoms with Gasteiger partial charge in [-0.3, -0.25) is 34.4 Å². The van der Waals surface area contributed by atoms with Crippen molar-refractivity contribution in [1.82, 2.24) is 45.0 Å². The molecule has 0 saturated carbocycles. The van der Waals surface area contributed by atoms with Gasteiger partial charge in [-0.2, -0.15) is 19.6 Å². The number of piperidine rings is 3. The van der Waals surface area contributed by atoms with Crippen LogP contribution in [0.5, 0.6) is 6.01 Å². The minimum Gasteiger partial charge on any atom is -0.459 e. The molecule has 17 nitrogen and oxygen atoms in total. The maximum atomic E-state index is 13.4. The molecule has 2 atom stereocenters. The number of rotatable bonds is 13. The number of benzene rings is 3. The quantitative estimate of drug-likeness (QED) is 0.103. The van der Waals surface area contributed by atoms with Crippen LogP contribution in [0.3, 0.4) is 0 Å². The molecule has 3 aromatic carbocycles. The Hall–Kier alpha value is -6.98. The summed E-state index contributed by atoms with van der Waals surface area (Å²) in [6, 6.07) is 22.2. The summed E-state index contributed by atoms with van der Waals surface area (Å²) < 4.78 is 7.99. The normalized spacial score (nSPS) is 19.6. The van der Waals surface area contributed by atoms with E-state index in [4.69, 9.17) is 19.7 Å². The van der Waals surface area contributed by atoms with Crippen molar-refractivity contribution >= 4 is 57.8 Å². The number of ether oxygens (including phenoxy) is 1. The molecule has 0 radical (unpaired) electrons. The molecule has 7 heterocycles. The number of amides is 3. The van der Waals surface area contributed by atoms with Gasteiger partial charge in [-0.25, -0.2) is 0 Å². The Balaban J connectivity index is 0.741. The molecule has 352 valence electrons. The Morgan fingerprint density at radius 3 is 2.51 bits per heavy atom. The summed E-state index contributed by atoms with van der Waals surface area (Å²) >= 11 is 0. The van der Waals surface area contributed by atoms with Crippen LogP contribution in [0.2, 0.25) is 0 Å². The lowest BCUT2D eigenvalue weighted by atomic mass is 9.95. The van der Waals surface area contributed by atoms with E-state index in [0.717, 1.165) is 123 Å². The predicted octanol–water partition coefficient (Wildman–Crippen LogP) is 5.12. The Bertz CT molecular complexity index is 2850. The zero-order chi connectivity index (χ0) is 46.7. The monoisotopic (exact) mass is 918 g/mol. The van der Waals surface area contributed by atoms with Crippen molar-refractivity contribution in [2.24, 2.45) is 5.92 Å². The van der Waals surface area contributed by atoms with Crippen molar-refractivity contribution in [3.63, 3.8) is 0 Å². The van der Waals surface area contributed by atoms with Crippen LogP contribution in [0, 0.1) is 12.8 Å². The summed E-state index contributed by atoms with van der Waals surface area (Å²) in [7, 11) is 1.54. The lowest BCUT2D eigenvalue weighted by molar-refractivity contribution is -0.136. The summed E-state index contributed by atoms with van der Waals surface area (Å²) in [6.07, 6.45) is 9.12. The van der Waals surface area contributed by atoms with Gasteiger partial charge < -0.3 is 30.1 Å². The Kier molecular flexibility index (Phi) is 13.0. The summed E-state index contributed by atoms with van der Waals surface area (Å²) in [5, 5.41) is 16.1. The van der Waals surface area contributed by atoms with Crippen molar-refractivity contribution in [2.45, 2.75) is 64.1 Å². The number of carbonyl (C=O) groups is 4. The molecule has 4 aliphatic heterocycles. The highest BCUT2D eigenvalue weighted by molar-refractivity contribution is 6.06. The van der Waals surface area contributed by atoms with Gasteiger partial charge in [-0.05, 0) is 98.8 Å². The van der Waals surface area contributed by atoms with Gasteiger partial charge in [0.1, 0.15) is 12.1 Å². The molecule has 3 aromatic heterocycles. The first-order valence-corrected chi connectivity index (χ1v) is 23.9. The minimum absolute atomic E-state index is 0.0272. The van der Waals surface area contributed by atoms with Crippen molar-refractivity contribution in [3.05, 3.63) is 101 Å². The van der Waals surface area contributed by atoms with E-state index in [9.17, 15) is 19.2 Å². The third-order valence-electron chi connectivity index (χ3n) is 14.1. The van der Waals surface area contributed by atoms with Crippen molar-refractivity contribution in [2.75, 3.05) is 81.1 Å². The number of hydrogen-bond donors (Lipinski definition) is 3. The number of nitrogens with zero attached hydrogens (tertiary/aromatic N) is 9. The van der Waals surface area contributed by atoms with Crippen LogP contribution in [0.1, 0.15) is 70.4 Å². The van der Waals surface area contributed by atoms with Crippen molar-refractivity contribution in [3.8, 4) is 17.3 Å². The maximum Gasteiger partial charge on any atom is 0.322 e. The van der Waals surface area contributed by atoms with E-state index in [2.05, 4.69) is 84.3 Å². The number of fused-ring (bicyclic) bond motifs is 2. The van der Waals surface area contributed by atoms with Crippen LogP contribution >= 0.6 is 0 Å². The highest BCUT2D eigenvalue weighted by Crippen LogP contribution is 2.34. The number of anilines is 3. The smallest absolute Gasteiger partial charge is 0.322 e. The molecule has 1 unspecified atom stereocenters. The lowest BCUT2D eigenvalue weighted by Gasteiger charge is -2.40. The predicted molar refractivity (Wildman–Crippen MR) is 260 cm³/mol. The third kappa shape index (κ3) is 9.45. The van der Waals surface area contributed by atoms with Crippen LogP contribution in [-0.2, 0) is 16.1 Å². The van der Waals surface area contributed by atoms with Gasteiger partial charge in [0, 0.05) is 112 Å². The zero-order valence-electron chi connectivity index (χ0n) is 38.7. The van der Waals surface area contributed by atoms with Crippen molar-refractivity contribution < 1.29 is 23.9 Å². The number of piperazine rings is 1. The fraction of sp³-hybridized carbons (Fsp3) is 0.412. The Labute approximate surface area is 395 Å². The second-order valence-electron chi connectivity index (χ2n) is 18.5. The van der Waals surface area contributed by atoms with E-state index >= 15 is 0 Å². The van der Waals surface area contributed by atoms with E-state index in [1.165, 1.54) is 17.6 Å². The molecular formula is C51H58N12O5. The van der Waals surface area contributed by atoms with E-state index in [0.29, 0.717) is 36.4 Å². The fourth-order valence-electron chi connectivity index (χ4n) is 10.2. The number of hydrogen-bond acceptors (Lipinski definition) is 14. The SMILES string of the molecule is Cc1cnn2c(NCc3ccccc3-c3nccc4cc(N5CCC(CN6CCN(c7ccc(C(=O)N(C)C8CCC(=O)NC8=O)c(C=O)c7)CC6)CC5)ccc34)nc(O[C@@H]3CCCNC3)nc12. The van der Waals surface area contributed by atoms with Crippen molar-refractivity contribution in [1.29, 1.82) is 0 Å². The van der Waals surface area contributed by atoms with Crippen LogP contribution in [-0.4, -0.2) is 136 Å². The van der Waals surface area contributed by atoms with Crippen LogP contribution < -0.4 is 30.5 Å². The molecule has 4 fully saturated rings. The highest BCUT2D eigenvalue weighted by Gasteiger charge is 2.34. The van der Waals surface area contributed by atoms with Crippen LogP contribution in [0.25, 0.3) is 27.7 Å². The number of carbonyl (C=O) groups excluding carboxylic acids is 4. The summed E-state index contributed by atoms with van der Waals surface area (Å²) in [6.45, 7) is 10.8. The average molecular weight is 919 g/mol. The van der Waals surface area contributed by atoms with Gasteiger partial charge in [-0.1, -0.05) is 30.3 Å². The molecule has 3 N–H and O–H groups in total.